The molecule has 2 aromatic carbocycles. The van der Waals surface area contributed by atoms with Crippen molar-refractivity contribution < 1.29 is 8.78 Å². The van der Waals surface area contributed by atoms with Gasteiger partial charge in [0.15, 0.2) is 0 Å². The molecular formula is C23H28F2. The normalized spacial score (nSPS) is 20.6. The van der Waals surface area contributed by atoms with Crippen LogP contribution >= 0.6 is 0 Å². The van der Waals surface area contributed by atoms with Gasteiger partial charge in [0.1, 0.15) is 11.6 Å². The Morgan fingerprint density at radius 2 is 1.52 bits per heavy atom. The van der Waals surface area contributed by atoms with E-state index in [1.807, 2.05) is 12.1 Å². The molecule has 0 spiro atoms. The maximum absolute atomic E-state index is 14.7. The second kappa shape index (κ2) is 8.60. The van der Waals surface area contributed by atoms with Crippen LogP contribution in [0.1, 0.15) is 69.8 Å². The van der Waals surface area contributed by atoms with E-state index in [9.17, 15) is 8.78 Å². The van der Waals surface area contributed by atoms with Gasteiger partial charge in [-0.1, -0.05) is 56.9 Å². The van der Waals surface area contributed by atoms with E-state index in [-0.39, 0.29) is 11.6 Å². The molecule has 1 fully saturated rings. The number of benzene rings is 2. The smallest absolute Gasteiger partial charge is 0.127 e. The molecule has 0 amide bonds. The summed E-state index contributed by atoms with van der Waals surface area (Å²) in [6.07, 6.45) is 9.95. The van der Waals surface area contributed by atoms with Crippen molar-refractivity contribution in [3.63, 3.8) is 0 Å². The molecule has 0 nitrogen and oxygen atoms in total. The van der Waals surface area contributed by atoms with Crippen molar-refractivity contribution in [2.45, 2.75) is 64.2 Å². The van der Waals surface area contributed by atoms with Crippen molar-refractivity contribution in [3.05, 3.63) is 59.7 Å². The first kappa shape index (κ1) is 18.1. The zero-order valence-corrected chi connectivity index (χ0v) is 15.1. The monoisotopic (exact) mass is 342 g/mol. The molecule has 25 heavy (non-hydrogen) atoms. The van der Waals surface area contributed by atoms with Gasteiger partial charge in [-0.05, 0) is 72.4 Å². The molecule has 0 aromatic heterocycles. The Labute approximate surface area is 150 Å². The lowest BCUT2D eigenvalue weighted by Crippen LogP contribution is -2.14. The third-order valence-corrected chi connectivity index (χ3v) is 5.68. The van der Waals surface area contributed by atoms with E-state index in [1.54, 1.807) is 18.2 Å². The third-order valence-electron chi connectivity index (χ3n) is 5.68. The molecule has 0 heterocycles. The first-order valence-corrected chi connectivity index (χ1v) is 9.72. The van der Waals surface area contributed by atoms with Gasteiger partial charge in [0, 0.05) is 0 Å². The number of hydrogen-bond acceptors (Lipinski definition) is 0. The fourth-order valence-corrected chi connectivity index (χ4v) is 4.13. The van der Waals surface area contributed by atoms with E-state index in [1.165, 1.54) is 50.7 Å². The van der Waals surface area contributed by atoms with Crippen LogP contribution in [-0.4, -0.2) is 0 Å². The molecule has 2 aromatic rings. The Hall–Kier alpha value is -1.70. The van der Waals surface area contributed by atoms with Gasteiger partial charge in [0.05, 0.1) is 0 Å². The fourth-order valence-electron chi connectivity index (χ4n) is 4.13. The standard InChI is InChI=1S/C23H28F2/c1-2-3-4-5-17-6-8-19(9-7-17)22-15-12-20(16-23(22)25)18-10-13-21(24)14-11-18/h10-17,19H,2-9H2,1H3. The summed E-state index contributed by atoms with van der Waals surface area (Å²) in [5, 5.41) is 0. The number of halogens is 2. The summed E-state index contributed by atoms with van der Waals surface area (Å²) in [4.78, 5) is 0. The molecule has 0 atom stereocenters. The van der Waals surface area contributed by atoms with Gasteiger partial charge in [0.2, 0.25) is 0 Å². The zero-order chi connectivity index (χ0) is 17.6. The molecule has 0 unspecified atom stereocenters. The van der Waals surface area contributed by atoms with Crippen LogP contribution in [-0.2, 0) is 0 Å². The minimum absolute atomic E-state index is 0.115. The van der Waals surface area contributed by atoms with Crippen LogP contribution < -0.4 is 0 Å². The van der Waals surface area contributed by atoms with E-state index in [2.05, 4.69) is 6.92 Å². The molecule has 0 N–H and O–H groups in total. The van der Waals surface area contributed by atoms with Crippen LogP contribution in [0.4, 0.5) is 8.78 Å². The van der Waals surface area contributed by atoms with Gasteiger partial charge in [0.25, 0.3) is 0 Å². The van der Waals surface area contributed by atoms with Gasteiger partial charge in [-0.25, -0.2) is 8.78 Å². The minimum atomic E-state index is -0.267. The number of unbranched alkanes of at least 4 members (excludes halogenated alkanes) is 2. The molecule has 0 radical (unpaired) electrons. The van der Waals surface area contributed by atoms with E-state index < -0.39 is 0 Å². The Balaban J connectivity index is 1.63. The Bertz CT molecular complexity index is 667. The predicted molar refractivity (Wildman–Crippen MR) is 101 cm³/mol. The highest BCUT2D eigenvalue weighted by Gasteiger charge is 2.24. The summed E-state index contributed by atoms with van der Waals surface area (Å²) in [5.74, 6) is 0.807. The van der Waals surface area contributed by atoms with Gasteiger partial charge < -0.3 is 0 Å². The average molecular weight is 342 g/mol. The lowest BCUT2D eigenvalue weighted by Gasteiger charge is -2.29. The fraction of sp³-hybridized carbons (Fsp3) is 0.478. The number of rotatable bonds is 6. The first-order valence-electron chi connectivity index (χ1n) is 9.72. The van der Waals surface area contributed by atoms with Gasteiger partial charge >= 0.3 is 0 Å². The molecule has 3 rings (SSSR count). The third kappa shape index (κ3) is 4.68. The van der Waals surface area contributed by atoms with Crippen LogP contribution in [0.15, 0.2) is 42.5 Å². The van der Waals surface area contributed by atoms with Crippen LogP contribution in [0.25, 0.3) is 11.1 Å². The SMILES string of the molecule is CCCCCC1CCC(c2ccc(-c3ccc(F)cc3)cc2F)CC1. The molecule has 0 bridgehead atoms. The summed E-state index contributed by atoms with van der Waals surface area (Å²) in [6.45, 7) is 2.25. The van der Waals surface area contributed by atoms with E-state index >= 15 is 0 Å². The summed E-state index contributed by atoms with van der Waals surface area (Å²) in [6, 6.07) is 11.8. The second-order valence-electron chi connectivity index (χ2n) is 7.46. The van der Waals surface area contributed by atoms with Crippen molar-refractivity contribution >= 4 is 0 Å². The van der Waals surface area contributed by atoms with Gasteiger partial charge in [-0.15, -0.1) is 0 Å². The molecule has 134 valence electrons. The Morgan fingerprint density at radius 1 is 0.840 bits per heavy atom. The summed E-state index contributed by atoms with van der Waals surface area (Å²) < 4.78 is 27.7. The number of hydrogen-bond donors (Lipinski definition) is 0. The van der Waals surface area contributed by atoms with Crippen molar-refractivity contribution in [1.82, 2.24) is 0 Å². The summed E-state index contributed by atoms with van der Waals surface area (Å²) in [5.41, 5.74) is 2.53. The van der Waals surface area contributed by atoms with Crippen LogP contribution in [0.3, 0.4) is 0 Å². The molecule has 0 aliphatic heterocycles. The topological polar surface area (TPSA) is 0 Å². The van der Waals surface area contributed by atoms with Gasteiger partial charge in [-0.3, -0.25) is 0 Å². The largest absolute Gasteiger partial charge is 0.207 e. The summed E-state index contributed by atoms with van der Waals surface area (Å²) >= 11 is 0. The first-order chi connectivity index (χ1) is 12.2. The maximum atomic E-state index is 14.7. The predicted octanol–water partition coefficient (Wildman–Crippen LogP) is 7.49. The van der Waals surface area contributed by atoms with Crippen molar-refractivity contribution in [2.24, 2.45) is 5.92 Å². The Morgan fingerprint density at radius 3 is 2.16 bits per heavy atom. The zero-order valence-electron chi connectivity index (χ0n) is 15.1. The van der Waals surface area contributed by atoms with Crippen LogP contribution in [0, 0.1) is 17.6 Å². The van der Waals surface area contributed by atoms with Crippen LogP contribution in [0.5, 0.6) is 0 Å². The Kier molecular flexibility index (Phi) is 6.23. The highest BCUT2D eigenvalue weighted by atomic mass is 19.1. The minimum Gasteiger partial charge on any atom is -0.207 e. The molecule has 1 aliphatic rings. The lowest BCUT2D eigenvalue weighted by atomic mass is 9.76. The van der Waals surface area contributed by atoms with E-state index in [0.29, 0.717) is 5.92 Å². The van der Waals surface area contributed by atoms with Crippen molar-refractivity contribution in [2.75, 3.05) is 0 Å². The molecule has 0 saturated heterocycles. The molecule has 1 saturated carbocycles. The molecule has 1 aliphatic carbocycles. The molecule has 2 heteroatoms. The lowest BCUT2D eigenvalue weighted by molar-refractivity contribution is 0.299. The van der Waals surface area contributed by atoms with Crippen LogP contribution in [0.2, 0.25) is 0 Å². The second-order valence-corrected chi connectivity index (χ2v) is 7.46. The van der Waals surface area contributed by atoms with E-state index in [4.69, 9.17) is 0 Å². The summed E-state index contributed by atoms with van der Waals surface area (Å²) in [7, 11) is 0. The quantitative estimate of drug-likeness (QED) is 0.477. The van der Waals surface area contributed by atoms with E-state index in [0.717, 1.165) is 35.4 Å². The highest BCUT2D eigenvalue weighted by molar-refractivity contribution is 5.63. The van der Waals surface area contributed by atoms with Crippen molar-refractivity contribution in [3.8, 4) is 11.1 Å². The van der Waals surface area contributed by atoms with Gasteiger partial charge in [-0.2, -0.15) is 0 Å². The highest BCUT2D eigenvalue weighted by Crippen LogP contribution is 2.39. The maximum Gasteiger partial charge on any atom is 0.127 e. The molecular weight excluding hydrogens is 314 g/mol. The van der Waals surface area contributed by atoms with Crippen molar-refractivity contribution in [1.29, 1.82) is 0 Å². The average Bonchev–Trinajstić information content (AvgIpc) is 2.63.